The Kier molecular flexibility index (Phi) is 5.03. The van der Waals surface area contributed by atoms with E-state index in [4.69, 9.17) is 4.74 Å². The summed E-state index contributed by atoms with van der Waals surface area (Å²) in [6.07, 6.45) is 0. The van der Waals surface area contributed by atoms with E-state index in [-0.39, 0.29) is 28.7 Å². The summed E-state index contributed by atoms with van der Waals surface area (Å²) >= 11 is 1.45. The van der Waals surface area contributed by atoms with Gasteiger partial charge in [-0.05, 0) is 42.5 Å². The number of sulfone groups is 1. The van der Waals surface area contributed by atoms with Crippen LogP contribution in [0.2, 0.25) is 0 Å². The molecule has 28 heavy (non-hydrogen) atoms. The number of thioether (sulfide) groups is 1. The minimum Gasteiger partial charge on any atom is -0.497 e. The predicted octanol–water partition coefficient (Wildman–Crippen LogP) is 2.63. The van der Waals surface area contributed by atoms with Crippen LogP contribution >= 0.6 is 11.8 Å². The first-order chi connectivity index (χ1) is 13.4. The Labute approximate surface area is 167 Å². The molecule has 2 aliphatic heterocycles. The number of nitrogens with one attached hydrogen (secondary N) is 2. The van der Waals surface area contributed by atoms with Gasteiger partial charge in [-0.25, -0.2) is 8.42 Å². The van der Waals surface area contributed by atoms with E-state index in [1.54, 1.807) is 49.6 Å². The van der Waals surface area contributed by atoms with Gasteiger partial charge in [0, 0.05) is 22.2 Å². The maximum Gasteiger partial charge on any atom is 0.255 e. The number of nitrogens with zero attached hydrogens (tertiary/aromatic N) is 1. The maximum absolute atomic E-state index is 12.5. The molecule has 1 fully saturated rings. The van der Waals surface area contributed by atoms with E-state index >= 15 is 0 Å². The number of benzene rings is 2. The predicted molar refractivity (Wildman–Crippen MR) is 112 cm³/mol. The number of hydrogen-bond acceptors (Lipinski definition) is 7. The van der Waals surface area contributed by atoms with E-state index < -0.39 is 9.84 Å². The molecule has 146 valence electrons. The number of aliphatic imine (C=N–C) groups is 1. The largest absolute Gasteiger partial charge is 0.497 e. The standard InChI is InChI=1S/C19H19N3O4S2/c1-26-15-7-5-13(6-8-15)20-18(23)12-3-2-4-14(9-12)21-19-22-16-10-28(24,25)11-17(16)27-19/h2-9,16-17H,10-11H2,1H3,(H,20,23)(H,21,22). The fourth-order valence-electron chi connectivity index (χ4n) is 3.16. The molecule has 2 aromatic carbocycles. The van der Waals surface area contributed by atoms with E-state index in [1.165, 1.54) is 11.8 Å². The van der Waals surface area contributed by atoms with Crippen LogP contribution in [0.15, 0.2) is 53.5 Å². The highest BCUT2D eigenvalue weighted by Crippen LogP contribution is 2.34. The summed E-state index contributed by atoms with van der Waals surface area (Å²) in [5.74, 6) is 0.774. The van der Waals surface area contributed by atoms with Crippen molar-refractivity contribution in [1.82, 2.24) is 0 Å². The topological polar surface area (TPSA) is 96.9 Å². The summed E-state index contributed by atoms with van der Waals surface area (Å²) in [6, 6.07) is 14.0. The minimum atomic E-state index is -2.97. The molecule has 2 atom stereocenters. The Hall–Kier alpha value is -2.52. The summed E-state index contributed by atoms with van der Waals surface area (Å²) in [5.41, 5.74) is 1.91. The minimum absolute atomic E-state index is 0.0194. The van der Waals surface area contributed by atoms with Gasteiger partial charge in [0.2, 0.25) is 0 Å². The lowest BCUT2D eigenvalue weighted by Gasteiger charge is -2.10. The van der Waals surface area contributed by atoms with E-state index in [1.807, 2.05) is 6.07 Å². The van der Waals surface area contributed by atoms with Gasteiger partial charge in [0.1, 0.15) is 5.75 Å². The Balaban J connectivity index is 1.42. The Morgan fingerprint density at radius 1 is 1.14 bits per heavy atom. The number of fused-ring (bicyclic) bond motifs is 1. The Bertz CT molecular complexity index is 1040. The van der Waals surface area contributed by atoms with Crippen molar-refractivity contribution < 1.29 is 17.9 Å². The fraction of sp³-hybridized carbons (Fsp3) is 0.263. The van der Waals surface area contributed by atoms with Crippen molar-refractivity contribution in [2.75, 3.05) is 29.2 Å². The van der Waals surface area contributed by atoms with Gasteiger partial charge in [-0.3, -0.25) is 9.79 Å². The van der Waals surface area contributed by atoms with Crippen molar-refractivity contribution in [3.63, 3.8) is 0 Å². The molecule has 2 N–H and O–H groups in total. The van der Waals surface area contributed by atoms with Crippen molar-refractivity contribution in [3.05, 3.63) is 54.1 Å². The third kappa shape index (κ3) is 4.15. The van der Waals surface area contributed by atoms with Crippen LogP contribution in [-0.4, -0.2) is 49.4 Å². The van der Waals surface area contributed by atoms with Crippen molar-refractivity contribution >= 4 is 44.0 Å². The number of hydrogen-bond donors (Lipinski definition) is 2. The quantitative estimate of drug-likeness (QED) is 0.794. The molecule has 1 amide bonds. The molecule has 7 nitrogen and oxygen atoms in total. The van der Waals surface area contributed by atoms with Crippen LogP contribution in [0.4, 0.5) is 11.4 Å². The highest BCUT2D eigenvalue weighted by molar-refractivity contribution is 8.15. The summed E-state index contributed by atoms with van der Waals surface area (Å²) in [6.45, 7) is 0. The molecule has 0 saturated carbocycles. The van der Waals surface area contributed by atoms with Gasteiger partial charge in [-0.2, -0.15) is 0 Å². The highest BCUT2D eigenvalue weighted by Gasteiger charge is 2.42. The number of methoxy groups -OCH3 is 1. The van der Waals surface area contributed by atoms with E-state index in [0.29, 0.717) is 16.4 Å². The van der Waals surface area contributed by atoms with Crippen LogP contribution in [0, 0.1) is 0 Å². The van der Waals surface area contributed by atoms with Gasteiger partial charge >= 0.3 is 0 Å². The molecule has 1 saturated heterocycles. The molecule has 0 bridgehead atoms. The Morgan fingerprint density at radius 3 is 2.64 bits per heavy atom. The monoisotopic (exact) mass is 417 g/mol. The van der Waals surface area contributed by atoms with Crippen LogP contribution < -0.4 is 15.4 Å². The van der Waals surface area contributed by atoms with Gasteiger partial charge in [0.05, 0.1) is 24.7 Å². The van der Waals surface area contributed by atoms with E-state index in [0.717, 1.165) is 11.4 Å². The van der Waals surface area contributed by atoms with Crippen LogP contribution in [0.5, 0.6) is 5.75 Å². The summed E-state index contributed by atoms with van der Waals surface area (Å²) < 4.78 is 28.4. The molecule has 2 aromatic rings. The van der Waals surface area contributed by atoms with Crippen LogP contribution in [-0.2, 0) is 9.84 Å². The van der Waals surface area contributed by atoms with Crippen molar-refractivity contribution in [2.24, 2.45) is 4.99 Å². The zero-order valence-corrected chi connectivity index (χ0v) is 16.7. The molecule has 2 heterocycles. The number of amides is 1. The molecule has 0 aliphatic carbocycles. The number of amidine groups is 1. The first kappa shape index (κ1) is 18.8. The molecule has 9 heteroatoms. The second-order valence-electron chi connectivity index (χ2n) is 6.62. The van der Waals surface area contributed by atoms with Crippen molar-refractivity contribution in [2.45, 2.75) is 11.3 Å². The summed E-state index contributed by atoms with van der Waals surface area (Å²) in [4.78, 5) is 17.0. The molecule has 2 unspecified atom stereocenters. The lowest BCUT2D eigenvalue weighted by Crippen LogP contribution is -2.14. The molecular formula is C19H19N3O4S2. The highest BCUT2D eigenvalue weighted by atomic mass is 32.2. The second kappa shape index (κ2) is 7.48. The SMILES string of the molecule is COc1ccc(NC(=O)c2cccc(NC3=NC4CS(=O)(=O)CC4S3)c2)cc1. The normalized spacial score (nSPS) is 22.2. The smallest absolute Gasteiger partial charge is 0.255 e. The van der Waals surface area contributed by atoms with Crippen LogP contribution in [0.3, 0.4) is 0 Å². The number of carbonyl (C=O) groups excluding carboxylic acids is 1. The summed E-state index contributed by atoms with van der Waals surface area (Å²) in [7, 11) is -1.38. The van der Waals surface area contributed by atoms with Gasteiger partial charge in [-0.15, -0.1) is 0 Å². The first-order valence-electron chi connectivity index (χ1n) is 8.69. The zero-order chi connectivity index (χ0) is 19.7. The Morgan fingerprint density at radius 2 is 1.93 bits per heavy atom. The molecule has 2 aliphatic rings. The van der Waals surface area contributed by atoms with E-state index in [2.05, 4.69) is 15.6 Å². The van der Waals surface area contributed by atoms with Crippen LogP contribution in [0.1, 0.15) is 10.4 Å². The number of rotatable bonds is 4. The average molecular weight is 418 g/mol. The summed E-state index contributed by atoms with van der Waals surface area (Å²) in [5, 5.41) is 6.71. The van der Waals surface area contributed by atoms with Crippen LogP contribution in [0.25, 0.3) is 0 Å². The van der Waals surface area contributed by atoms with E-state index in [9.17, 15) is 13.2 Å². The van der Waals surface area contributed by atoms with Gasteiger partial charge < -0.3 is 15.4 Å². The molecule has 0 radical (unpaired) electrons. The van der Waals surface area contributed by atoms with Crippen molar-refractivity contribution in [3.8, 4) is 5.75 Å². The molecule has 0 aromatic heterocycles. The van der Waals surface area contributed by atoms with Gasteiger partial charge in [0.15, 0.2) is 15.0 Å². The fourth-order valence-corrected chi connectivity index (χ4v) is 6.83. The second-order valence-corrected chi connectivity index (χ2v) is 10.0. The lowest BCUT2D eigenvalue weighted by atomic mass is 10.2. The molecule has 0 spiro atoms. The lowest BCUT2D eigenvalue weighted by molar-refractivity contribution is 0.102. The zero-order valence-electron chi connectivity index (χ0n) is 15.1. The molecular weight excluding hydrogens is 398 g/mol. The van der Waals surface area contributed by atoms with Gasteiger partial charge in [-0.1, -0.05) is 17.8 Å². The first-order valence-corrected chi connectivity index (χ1v) is 11.4. The van der Waals surface area contributed by atoms with Gasteiger partial charge in [0.25, 0.3) is 5.91 Å². The molecule has 4 rings (SSSR count). The number of anilines is 2. The maximum atomic E-state index is 12.5. The average Bonchev–Trinajstić information content (AvgIpc) is 3.15. The van der Waals surface area contributed by atoms with Crippen molar-refractivity contribution in [1.29, 1.82) is 0 Å². The number of carbonyl (C=O) groups is 1. The third-order valence-electron chi connectivity index (χ3n) is 4.54. The number of ether oxygens (including phenoxy) is 1. The third-order valence-corrected chi connectivity index (χ3v) is 7.68.